The van der Waals surface area contributed by atoms with Crippen molar-refractivity contribution in [3.8, 4) is 0 Å². The van der Waals surface area contributed by atoms with Crippen molar-refractivity contribution in [2.75, 3.05) is 18.8 Å². The second kappa shape index (κ2) is 14.1. The molecule has 1 unspecified atom stereocenters. The van der Waals surface area contributed by atoms with Gasteiger partial charge in [0.2, 0.25) is 5.91 Å². The number of hydrogen-bond donors (Lipinski definition) is 6. The molecule has 1 heterocycles. The van der Waals surface area contributed by atoms with Gasteiger partial charge in [-0.15, -0.1) is 0 Å². The van der Waals surface area contributed by atoms with Crippen molar-refractivity contribution >= 4 is 35.1 Å². The van der Waals surface area contributed by atoms with E-state index in [0.717, 1.165) is 17.7 Å². The Kier molecular flexibility index (Phi) is 10.3. The van der Waals surface area contributed by atoms with Crippen LogP contribution in [-0.4, -0.2) is 53.4 Å². The number of nitrogens with one attached hydrogen (secondary N) is 4. The molecule has 0 bridgehead atoms. The third-order valence-corrected chi connectivity index (χ3v) is 7.09. The first kappa shape index (κ1) is 33.5. The van der Waals surface area contributed by atoms with Crippen molar-refractivity contribution in [2.45, 2.75) is 45.2 Å². The Hall–Kier alpha value is -5.40. The summed E-state index contributed by atoms with van der Waals surface area (Å²) in [5.41, 5.74) is 13.2. The molecule has 0 saturated carbocycles. The van der Waals surface area contributed by atoms with Crippen molar-refractivity contribution in [3.63, 3.8) is 0 Å². The SMILES string of the molecule is CC(C)NC1=NCC(c2cc(N)cc(C(=O)NCc3cccc(C(F)(F)F)c3)c2)N(CC(=O)NCc2ccc(C(=N)N)cc2)C1=O. The van der Waals surface area contributed by atoms with Gasteiger partial charge in [-0.25, -0.2) is 0 Å². The number of aliphatic imine (C=N–C) groups is 1. The molecule has 8 N–H and O–H groups in total. The number of nitrogen functional groups attached to an aromatic ring is 2. The van der Waals surface area contributed by atoms with Gasteiger partial charge in [0, 0.05) is 35.9 Å². The minimum absolute atomic E-state index is 0.0735. The fraction of sp³-hybridized carbons (Fsp3) is 0.281. The smallest absolute Gasteiger partial charge is 0.399 e. The molecule has 3 aromatic rings. The van der Waals surface area contributed by atoms with Crippen LogP contribution >= 0.6 is 0 Å². The van der Waals surface area contributed by atoms with Gasteiger partial charge in [0.1, 0.15) is 12.4 Å². The summed E-state index contributed by atoms with van der Waals surface area (Å²) >= 11 is 0. The highest BCUT2D eigenvalue weighted by atomic mass is 19.4. The first-order valence-electron chi connectivity index (χ1n) is 14.4. The Labute approximate surface area is 263 Å². The summed E-state index contributed by atoms with van der Waals surface area (Å²) in [7, 11) is 0. The second-order valence-corrected chi connectivity index (χ2v) is 11.1. The zero-order valence-electron chi connectivity index (χ0n) is 25.2. The first-order chi connectivity index (χ1) is 21.7. The van der Waals surface area contributed by atoms with Crippen LogP contribution in [0.2, 0.25) is 0 Å². The zero-order chi connectivity index (χ0) is 33.6. The summed E-state index contributed by atoms with van der Waals surface area (Å²) in [6.07, 6.45) is -4.52. The molecule has 1 aliphatic rings. The van der Waals surface area contributed by atoms with E-state index >= 15 is 0 Å². The third-order valence-electron chi connectivity index (χ3n) is 7.09. The summed E-state index contributed by atoms with van der Waals surface area (Å²) in [5, 5.41) is 15.9. The maximum Gasteiger partial charge on any atom is 0.416 e. The number of rotatable bonds is 10. The summed E-state index contributed by atoms with van der Waals surface area (Å²) < 4.78 is 39.3. The van der Waals surface area contributed by atoms with E-state index in [1.165, 1.54) is 29.2 Å². The molecular weight excluding hydrogens is 601 g/mol. The standard InChI is InChI=1S/C32H35F3N8O3/c1-18(2)42-29-31(46)43(17-27(44)39-14-19-6-8-21(9-7-19)28(37)38)26(16-40-29)22-11-23(13-25(36)12-22)30(45)41-15-20-4-3-5-24(10-20)32(33,34)35/h3-13,18,26H,14-17,36H2,1-2H3,(H3,37,38)(H,39,44)(H,40,42)(H,41,45). The highest BCUT2D eigenvalue weighted by molar-refractivity contribution is 6.38. The number of amidine groups is 2. The van der Waals surface area contributed by atoms with Crippen molar-refractivity contribution in [1.82, 2.24) is 20.9 Å². The number of alkyl halides is 3. The van der Waals surface area contributed by atoms with Gasteiger partial charge in [-0.05, 0) is 60.9 Å². The van der Waals surface area contributed by atoms with E-state index in [0.29, 0.717) is 11.1 Å². The van der Waals surface area contributed by atoms with E-state index in [2.05, 4.69) is 20.9 Å². The minimum atomic E-state index is -4.52. The molecule has 0 aromatic heterocycles. The Morgan fingerprint density at radius 3 is 2.35 bits per heavy atom. The number of benzene rings is 3. The number of carbonyl (C=O) groups is 3. The van der Waals surface area contributed by atoms with Gasteiger partial charge < -0.3 is 32.3 Å². The first-order valence-corrected chi connectivity index (χ1v) is 14.4. The molecule has 0 saturated heterocycles. The van der Waals surface area contributed by atoms with Crippen LogP contribution in [0.5, 0.6) is 0 Å². The predicted octanol–water partition coefficient (Wildman–Crippen LogP) is 3.10. The fourth-order valence-corrected chi connectivity index (χ4v) is 4.83. The van der Waals surface area contributed by atoms with E-state index in [-0.39, 0.29) is 60.7 Å². The van der Waals surface area contributed by atoms with E-state index < -0.39 is 35.5 Å². The molecule has 14 heteroatoms. The largest absolute Gasteiger partial charge is 0.416 e. The maximum atomic E-state index is 13.5. The third kappa shape index (κ3) is 8.61. The lowest BCUT2D eigenvalue weighted by atomic mass is 9.99. The number of amides is 3. The molecule has 4 rings (SSSR count). The fourth-order valence-electron chi connectivity index (χ4n) is 4.83. The Morgan fingerprint density at radius 2 is 1.70 bits per heavy atom. The van der Waals surface area contributed by atoms with Crippen LogP contribution in [0, 0.1) is 5.41 Å². The lowest BCUT2D eigenvalue weighted by Crippen LogP contribution is -2.53. The van der Waals surface area contributed by atoms with Gasteiger partial charge in [0.05, 0.1) is 18.2 Å². The van der Waals surface area contributed by atoms with Crippen LogP contribution in [0.1, 0.15) is 58.1 Å². The molecule has 0 aliphatic carbocycles. The minimum Gasteiger partial charge on any atom is -0.399 e. The second-order valence-electron chi connectivity index (χ2n) is 11.1. The lowest BCUT2D eigenvalue weighted by molar-refractivity contribution is -0.137. The van der Waals surface area contributed by atoms with Crippen LogP contribution in [0.25, 0.3) is 0 Å². The van der Waals surface area contributed by atoms with E-state index in [4.69, 9.17) is 16.9 Å². The van der Waals surface area contributed by atoms with Gasteiger partial charge >= 0.3 is 6.18 Å². The van der Waals surface area contributed by atoms with Gasteiger partial charge in [0.25, 0.3) is 11.8 Å². The molecule has 46 heavy (non-hydrogen) atoms. The summed E-state index contributed by atoms with van der Waals surface area (Å²) in [5.74, 6) is -1.51. The Bertz CT molecular complexity index is 1650. The van der Waals surface area contributed by atoms with Gasteiger partial charge in [-0.3, -0.25) is 24.8 Å². The van der Waals surface area contributed by atoms with Crippen LogP contribution in [-0.2, 0) is 28.9 Å². The Balaban J connectivity index is 1.52. The number of nitrogens with two attached hydrogens (primary N) is 2. The number of hydrogen-bond acceptors (Lipinski definition) is 7. The highest BCUT2D eigenvalue weighted by Crippen LogP contribution is 2.30. The van der Waals surface area contributed by atoms with Gasteiger partial charge in [0.15, 0.2) is 5.84 Å². The van der Waals surface area contributed by atoms with Gasteiger partial charge in [-0.1, -0.05) is 36.4 Å². The Morgan fingerprint density at radius 1 is 1.00 bits per heavy atom. The normalized spacial score (nSPS) is 14.9. The number of carbonyl (C=O) groups excluding carboxylic acids is 3. The monoisotopic (exact) mass is 636 g/mol. The summed E-state index contributed by atoms with van der Waals surface area (Å²) in [6, 6.07) is 15.1. The maximum absolute atomic E-state index is 13.5. The lowest BCUT2D eigenvalue weighted by Gasteiger charge is -2.35. The number of halogens is 3. The zero-order valence-corrected chi connectivity index (χ0v) is 25.2. The van der Waals surface area contributed by atoms with Crippen LogP contribution in [0.4, 0.5) is 18.9 Å². The summed E-state index contributed by atoms with van der Waals surface area (Å²) in [6.45, 7) is 3.46. The van der Waals surface area contributed by atoms with Gasteiger partial charge in [-0.2, -0.15) is 13.2 Å². The molecule has 242 valence electrons. The molecular formula is C32H35F3N8O3. The molecule has 0 radical (unpaired) electrons. The van der Waals surface area contributed by atoms with Crippen molar-refractivity contribution in [1.29, 1.82) is 5.41 Å². The van der Waals surface area contributed by atoms with Crippen LogP contribution in [0.3, 0.4) is 0 Å². The molecule has 0 fully saturated rings. The topological polar surface area (TPSA) is 179 Å². The molecule has 1 atom stereocenters. The van der Waals surface area contributed by atoms with Crippen LogP contribution in [0.15, 0.2) is 71.7 Å². The molecule has 1 aliphatic heterocycles. The number of nitrogens with zero attached hydrogens (tertiary/aromatic N) is 2. The summed E-state index contributed by atoms with van der Waals surface area (Å²) in [4.78, 5) is 45.5. The molecule has 3 aromatic carbocycles. The number of anilines is 1. The molecule has 3 amide bonds. The van der Waals surface area contributed by atoms with Crippen molar-refractivity contribution in [2.24, 2.45) is 10.7 Å². The molecule has 0 spiro atoms. The van der Waals surface area contributed by atoms with E-state index in [1.54, 1.807) is 30.3 Å². The average Bonchev–Trinajstić information content (AvgIpc) is 3.00. The molecule has 11 nitrogen and oxygen atoms in total. The highest BCUT2D eigenvalue weighted by Gasteiger charge is 2.35. The van der Waals surface area contributed by atoms with Crippen molar-refractivity contribution in [3.05, 3.63) is 100 Å². The van der Waals surface area contributed by atoms with E-state index in [9.17, 15) is 27.6 Å². The average molecular weight is 637 g/mol. The van der Waals surface area contributed by atoms with E-state index in [1.807, 2.05) is 13.8 Å². The predicted molar refractivity (Wildman–Crippen MR) is 168 cm³/mol. The van der Waals surface area contributed by atoms with Crippen LogP contribution < -0.4 is 27.4 Å². The van der Waals surface area contributed by atoms with Crippen molar-refractivity contribution < 1.29 is 27.6 Å². The quantitative estimate of drug-likeness (QED) is 0.113.